The molecule has 0 amide bonds. The van der Waals surface area contributed by atoms with Gasteiger partial charge in [0.25, 0.3) is 0 Å². The van der Waals surface area contributed by atoms with E-state index in [2.05, 4.69) is 18.2 Å². The average Bonchev–Trinajstić information content (AvgIpc) is 3.02. The molecule has 0 fully saturated rings. The highest BCUT2D eigenvalue weighted by atomic mass is 16.5. The second-order valence-electron chi connectivity index (χ2n) is 5.36. The number of allylic oxidation sites excluding steroid dienone is 1. The number of carbonyl (C=O) groups is 1. The molecule has 2 heteroatoms. The van der Waals surface area contributed by atoms with Gasteiger partial charge >= 0.3 is 5.97 Å². The summed E-state index contributed by atoms with van der Waals surface area (Å²) in [7, 11) is 1.46. The van der Waals surface area contributed by atoms with Crippen LogP contribution in [-0.2, 0) is 14.9 Å². The number of hydrogen-bond acceptors (Lipinski definition) is 2. The van der Waals surface area contributed by atoms with Crippen molar-refractivity contribution >= 4 is 11.5 Å². The van der Waals surface area contributed by atoms with Crippen LogP contribution in [0.5, 0.6) is 0 Å². The third-order valence-electron chi connectivity index (χ3n) is 4.19. The van der Waals surface area contributed by atoms with Crippen molar-refractivity contribution in [2.24, 2.45) is 0 Å². The number of esters is 1. The summed E-state index contributed by atoms with van der Waals surface area (Å²) in [4.78, 5) is 12.4. The molecule has 0 unspecified atom stereocenters. The van der Waals surface area contributed by atoms with Crippen molar-refractivity contribution in [1.82, 2.24) is 0 Å². The highest BCUT2D eigenvalue weighted by Crippen LogP contribution is 2.43. The van der Waals surface area contributed by atoms with Gasteiger partial charge in [-0.2, -0.15) is 0 Å². The van der Waals surface area contributed by atoms with Gasteiger partial charge in [0, 0.05) is 0 Å². The molecular formula is C19H18O2. The van der Waals surface area contributed by atoms with Gasteiger partial charge in [-0.25, -0.2) is 0 Å². The maximum Gasteiger partial charge on any atom is 0.320 e. The van der Waals surface area contributed by atoms with Crippen LogP contribution in [0.3, 0.4) is 0 Å². The maximum absolute atomic E-state index is 12.4. The fourth-order valence-corrected chi connectivity index (χ4v) is 3.08. The average molecular weight is 278 g/mol. The fourth-order valence-electron chi connectivity index (χ4n) is 3.08. The Hall–Kier alpha value is -2.35. The first kappa shape index (κ1) is 13.6. The minimum absolute atomic E-state index is 0.181. The van der Waals surface area contributed by atoms with Crippen LogP contribution in [0.25, 0.3) is 5.57 Å². The Morgan fingerprint density at radius 1 is 1.00 bits per heavy atom. The molecule has 0 bridgehead atoms. The Morgan fingerprint density at radius 2 is 1.62 bits per heavy atom. The van der Waals surface area contributed by atoms with E-state index in [-0.39, 0.29) is 5.97 Å². The summed E-state index contributed by atoms with van der Waals surface area (Å²) in [6, 6.07) is 20.1. The number of hydrogen-bond donors (Lipinski definition) is 0. The van der Waals surface area contributed by atoms with E-state index in [4.69, 9.17) is 4.74 Å². The Morgan fingerprint density at radius 3 is 2.24 bits per heavy atom. The van der Waals surface area contributed by atoms with Crippen molar-refractivity contribution in [2.75, 3.05) is 7.11 Å². The van der Waals surface area contributed by atoms with Gasteiger partial charge in [0.05, 0.1) is 7.11 Å². The van der Waals surface area contributed by atoms with Crippen LogP contribution in [0.4, 0.5) is 0 Å². The van der Waals surface area contributed by atoms with Crippen molar-refractivity contribution in [3.05, 3.63) is 77.9 Å². The fraction of sp³-hybridized carbons (Fsp3) is 0.211. The Kier molecular flexibility index (Phi) is 3.61. The number of benzene rings is 2. The normalized spacial score (nSPS) is 20.9. The lowest BCUT2D eigenvalue weighted by atomic mass is 9.80. The molecule has 0 saturated heterocycles. The summed E-state index contributed by atoms with van der Waals surface area (Å²) in [5, 5.41) is 0. The monoisotopic (exact) mass is 278 g/mol. The van der Waals surface area contributed by atoms with Gasteiger partial charge < -0.3 is 4.74 Å². The predicted molar refractivity (Wildman–Crippen MR) is 83.8 cm³/mol. The maximum atomic E-state index is 12.4. The van der Waals surface area contributed by atoms with E-state index in [1.807, 2.05) is 48.5 Å². The second kappa shape index (κ2) is 5.57. The molecule has 2 nitrogen and oxygen atoms in total. The number of carbonyl (C=O) groups excluding carboxylic acids is 1. The van der Waals surface area contributed by atoms with Crippen molar-refractivity contribution in [1.29, 1.82) is 0 Å². The first-order chi connectivity index (χ1) is 10.3. The molecule has 1 atom stereocenters. The molecule has 0 aromatic heterocycles. The Bertz CT molecular complexity index is 658. The van der Waals surface area contributed by atoms with E-state index in [1.54, 1.807) is 0 Å². The molecule has 0 saturated carbocycles. The van der Waals surface area contributed by atoms with E-state index in [0.29, 0.717) is 0 Å². The molecule has 0 radical (unpaired) electrons. The SMILES string of the molecule is COC(=O)[C@@]1(c2ccccc2)C=C(c2ccccc2)CC1. The Balaban J connectivity index is 2.08. The van der Waals surface area contributed by atoms with Crippen LogP contribution < -0.4 is 0 Å². The smallest absolute Gasteiger partial charge is 0.320 e. The van der Waals surface area contributed by atoms with Gasteiger partial charge in [-0.1, -0.05) is 66.7 Å². The van der Waals surface area contributed by atoms with E-state index in [1.165, 1.54) is 18.2 Å². The van der Waals surface area contributed by atoms with Crippen LogP contribution in [0.2, 0.25) is 0 Å². The predicted octanol–water partition coefficient (Wildman–Crippen LogP) is 3.97. The van der Waals surface area contributed by atoms with Gasteiger partial charge in [-0.05, 0) is 29.5 Å². The van der Waals surface area contributed by atoms with E-state index >= 15 is 0 Å². The standard InChI is InChI=1S/C19H18O2/c1-21-18(20)19(17-10-6-3-7-11-17)13-12-16(14-19)15-8-4-2-5-9-15/h2-11,14H,12-13H2,1H3/t19-/m1/s1. The quantitative estimate of drug-likeness (QED) is 0.794. The third-order valence-corrected chi connectivity index (χ3v) is 4.19. The molecule has 3 rings (SSSR count). The lowest BCUT2D eigenvalue weighted by Gasteiger charge is -2.24. The van der Waals surface area contributed by atoms with Crippen LogP contribution in [-0.4, -0.2) is 13.1 Å². The molecule has 21 heavy (non-hydrogen) atoms. The van der Waals surface area contributed by atoms with Crippen molar-refractivity contribution in [3.63, 3.8) is 0 Å². The lowest BCUT2D eigenvalue weighted by molar-refractivity contribution is -0.145. The number of rotatable bonds is 3. The summed E-state index contributed by atoms with van der Waals surface area (Å²) in [6.45, 7) is 0. The minimum Gasteiger partial charge on any atom is -0.468 e. The van der Waals surface area contributed by atoms with Crippen LogP contribution in [0.1, 0.15) is 24.0 Å². The van der Waals surface area contributed by atoms with Crippen molar-refractivity contribution in [2.45, 2.75) is 18.3 Å². The first-order valence-corrected chi connectivity index (χ1v) is 7.17. The lowest BCUT2D eigenvalue weighted by Crippen LogP contribution is -2.33. The zero-order valence-electron chi connectivity index (χ0n) is 12.1. The van der Waals surface area contributed by atoms with E-state index in [9.17, 15) is 4.79 Å². The van der Waals surface area contributed by atoms with Crippen molar-refractivity contribution in [3.8, 4) is 0 Å². The summed E-state index contributed by atoms with van der Waals surface area (Å²) < 4.78 is 5.09. The first-order valence-electron chi connectivity index (χ1n) is 7.17. The second-order valence-corrected chi connectivity index (χ2v) is 5.36. The molecule has 0 aliphatic heterocycles. The van der Waals surface area contributed by atoms with Gasteiger partial charge in [-0.3, -0.25) is 4.79 Å². The molecule has 1 aliphatic carbocycles. The van der Waals surface area contributed by atoms with E-state index in [0.717, 1.165) is 18.4 Å². The molecule has 2 aromatic rings. The van der Waals surface area contributed by atoms with Gasteiger partial charge in [0.2, 0.25) is 0 Å². The van der Waals surface area contributed by atoms with Crippen LogP contribution in [0, 0.1) is 0 Å². The summed E-state index contributed by atoms with van der Waals surface area (Å²) in [5.41, 5.74) is 2.74. The molecule has 106 valence electrons. The largest absolute Gasteiger partial charge is 0.468 e. The molecule has 0 N–H and O–H groups in total. The van der Waals surface area contributed by atoms with Gasteiger partial charge in [-0.15, -0.1) is 0 Å². The van der Waals surface area contributed by atoms with Crippen molar-refractivity contribution < 1.29 is 9.53 Å². The van der Waals surface area contributed by atoms with Gasteiger partial charge in [0.1, 0.15) is 5.41 Å². The highest BCUT2D eigenvalue weighted by Gasteiger charge is 2.43. The third kappa shape index (κ3) is 2.38. The molecular weight excluding hydrogens is 260 g/mol. The van der Waals surface area contributed by atoms with Crippen LogP contribution >= 0.6 is 0 Å². The summed E-state index contributed by atoms with van der Waals surface area (Å²) in [5.74, 6) is -0.181. The molecule has 0 spiro atoms. The molecule has 0 heterocycles. The van der Waals surface area contributed by atoms with Crippen LogP contribution in [0.15, 0.2) is 66.7 Å². The highest BCUT2D eigenvalue weighted by molar-refractivity contribution is 5.90. The summed E-state index contributed by atoms with van der Waals surface area (Å²) in [6.07, 6.45) is 3.73. The number of methoxy groups -OCH3 is 1. The van der Waals surface area contributed by atoms with Gasteiger partial charge in [0.15, 0.2) is 0 Å². The molecule has 2 aromatic carbocycles. The van der Waals surface area contributed by atoms with E-state index < -0.39 is 5.41 Å². The topological polar surface area (TPSA) is 26.3 Å². The number of ether oxygens (including phenoxy) is 1. The minimum atomic E-state index is -0.652. The summed E-state index contributed by atoms with van der Waals surface area (Å²) >= 11 is 0. The molecule has 1 aliphatic rings. The zero-order chi connectivity index (χ0) is 14.7. The zero-order valence-corrected chi connectivity index (χ0v) is 12.1. The Labute approximate surface area is 125 Å².